The lowest BCUT2D eigenvalue weighted by atomic mass is 10.2. The Kier molecular flexibility index (Phi) is 5.19. The second-order valence-electron chi connectivity index (χ2n) is 3.45. The highest BCUT2D eigenvalue weighted by Gasteiger charge is 2.00. The van der Waals surface area contributed by atoms with Gasteiger partial charge in [0.1, 0.15) is 6.61 Å². The van der Waals surface area contributed by atoms with E-state index in [4.69, 9.17) is 4.74 Å². The Hall–Kier alpha value is -1.71. The number of carbonyl (C=O) groups is 1. The zero-order chi connectivity index (χ0) is 11.8. The quantitative estimate of drug-likeness (QED) is 0.804. The standard InChI is InChI=1S/C12H18N2O2/c1-3-8-14-12(15)16-9-10-4-6-11(13-2)7-5-10/h4-7,13H,3,8-9H2,1-2H3,(H,14,15). The minimum absolute atomic E-state index is 0.305. The molecule has 1 rings (SSSR count). The maximum absolute atomic E-state index is 11.2. The highest BCUT2D eigenvalue weighted by Crippen LogP contribution is 2.09. The Bertz CT molecular complexity index is 322. The molecule has 1 aromatic rings. The Balaban J connectivity index is 2.33. The van der Waals surface area contributed by atoms with Gasteiger partial charge in [-0.25, -0.2) is 4.79 Å². The van der Waals surface area contributed by atoms with E-state index < -0.39 is 0 Å². The van der Waals surface area contributed by atoms with Crippen LogP contribution in [0.1, 0.15) is 18.9 Å². The van der Waals surface area contributed by atoms with Crippen molar-refractivity contribution in [1.82, 2.24) is 5.32 Å². The molecule has 0 aliphatic carbocycles. The van der Waals surface area contributed by atoms with Gasteiger partial charge in [0.2, 0.25) is 0 Å². The Labute approximate surface area is 96.0 Å². The van der Waals surface area contributed by atoms with Crippen molar-refractivity contribution in [2.75, 3.05) is 18.9 Å². The normalized spacial score (nSPS) is 9.62. The Morgan fingerprint density at radius 2 is 2.00 bits per heavy atom. The third-order valence-corrected chi connectivity index (χ3v) is 2.13. The number of hydrogen-bond donors (Lipinski definition) is 2. The molecule has 0 aromatic heterocycles. The largest absolute Gasteiger partial charge is 0.445 e. The van der Waals surface area contributed by atoms with Crippen molar-refractivity contribution in [2.45, 2.75) is 20.0 Å². The van der Waals surface area contributed by atoms with Crippen LogP contribution in [0, 0.1) is 0 Å². The van der Waals surface area contributed by atoms with E-state index in [0.717, 1.165) is 17.7 Å². The van der Waals surface area contributed by atoms with Crippen LogP contribution in [0.15, 0.2) is 24.3 Å². The summed E-state index contributed by atoms with van der Waals surface area (Å²) in [6, 6.07) is 7.75. The van der Waals surface area contributed by atoms with Gasteiger partial charge in [-0.3, -0.25) is 0 Å². The van der Waals surface area contributed by atoms with Gasteiger partial charge in [0.15, 0.2) is 0 Å². The Morgan fingerprint density at radius 1 is 1.31 bits per heavy atom. The maximum Gasteiger partial charge on any atom is 0.407 e. The van der Waals surface area contributed by atoms with Gasteiger partial charge in [0.25, 0.3) is 0 Å². The number of ether oxygens (including phenoxy) is 1. The summed E-state index contributed by atoms with van der Waals surface area (Å²) in [4.78, 5) is 11.2. The van der Waals surface area contributed by atoms with Crippen LogP contribution in [0.2, 0.25) is 0 Å². The van der Waals surface area contributed by atoms with Crippen LogP contribution in [-0.2, 0) is 11.3 Å². The highest BCUT2D eigenvalue weighted by molar-refractivity contribution is 5.67. The monoisotopic (exact) mass is 222 g/mol. The van der Waals surface area contributed by atoms with E-state index in [-0.39, 0.29) is 6.09 Å². The van der Waals surface area contributed by atoms with E-state index in [2.05, 4.69) is 10.6 Å². The molecule has 16 heavy (non-hydrogen) atoms. The van der Waals surface area contributed by atoms with Gasteiger partial charge in [-0.05, 0) is 24.1 Å². The van der Waals surface area contributed by atoms with Crippen LogP contribution >= 0.6 is 0 Å². The Morgan fingerprint density at radius 3 is 2.56 bits per heavy atom. The first-order valence-electron chi connectivity index (χ1n) is 5.43. The second kappa shape index (κ2) is 6.71. The van der Waals surface area contributed by atoms with Gasteiger partial charge in [-0.1, -0.05) is 19.1 Å². The number of alkyl carbamates (subject to hydrolysis) is 1. The third kappa shape index (κ3) is 4.21. The molecule has 2 N–H and O–H groups in total. The molecule has 4 heteroatoms. The first-order chi connectivity index (χ1) is 7.76. The topological polar surface area (TPSA) is 50.4 Å². The summed E-state index contributed by atoms with van der Waals surface area (Å²) in [6.45, 7) is 2.95. The predicted octanol–water partition coefficient (Wildman–Crippen LogP) is 2.36. The molecule has 0 bridgehead atoms. The van der Waals surface area contributed by atoms with Crippen LogP contribution in [-0.4, -0.2) is 19.7 Å². The summed E-state index contributed by atoms with van der Waals surface area (Å²) in [5.74, 6) is 0. The molecular weight excluding hydrogens is 204 g/mol. The summed E-state index contributed by atoms with van der Waals surface area (Å²) < 4.78 is 5.03. The summed E-state index contributed by atoms with van der Waals surface area (Å²) in [5, 5.41) is 5.68. The molecule has 0 radical (unpaired) electrons. The number of nitrogens with one attached hydrogen (secondary N) is 2. The lowest BCUT2D eigenvalue weighted by Crippen LogP contribution is -2.24. The van der Waals surface area contributed by atoms with Crippen molar-refractivity contribution in [3.63, 3.8) is 0 Å². The van der Waals surface area contributed by atoms with Gasteiger partial charge in [0.05, 0.1) is 0 Å². The van der Waals surface area contributed by atoms with Crippen molar-refractivity contribution < 1.29 is 9.53 Å². The molecule has 0 unspecified atom stereocenters. The molecule has 0 aliphatic heterocycles. The molecule has 0 spiro atoms. The summed E-state index contributed by atoms with van der Waals surface area (Å²) >= 11 is 0. The average molecular weight is 222 g/mol. The van der Waals surface area contributed by atoms with Gasteiger partial charge < -0.3 is 15.4 Å². The molecule has 0 fully saturated rings. The van der Waals surface area contributed by atoms with Gasteiger partial charge in [0, 0.05) is 19.3 Å². The fourth-order valence-corrected chi connectivity index (χ4v) is 1.19. The van der Waals surface area contributed by atoms with E-state index in [9.17, 15) is 4.79 Å². The first kappa shape index (κ1) is 12.4. The van der Waals surface area contributed by atoms with Gasteiger partial charge in [-0.15, -0.1) is 0 Å². The fourth-order valence-electron chi connectivity index (χ4n) is 1.19. The zero-order valence-electron chi connectivity index (χ0n) is 9.75. The molecule has 0 atom stereocenters. The van der Waals surface area contributed by atoms with E-state index >= 15 is 0 Å². The lowest BCUT2D eigenvalue weighted by Gasteiger charge is -2.06. The number of amides is 1. The summed E-state index contributed by atoms with van der Waals surface area (Å²) in [5.41, 5.74) is 2.02. The second-order valence-corrected chi connectivity index (χ2v) is 3.45. The van der Waals surface area contributed by atoms with Crippen LogP contribution in [0.4, 0.5) is 10.5 Å². The highest BCUT2D eigenvalue weighted by atomic mass is 16.5. The van der Waals surface area contributed by atoms with Crippen LogP contribution in [0.5, 0.6) is 0 Å². The number of benzene rings is 1. The van der Waals surface area contributed by atoms with Crippen molar-refractivity contribution in [3.8, 4) is 0 Å². The minimum Gasteiger partial charge on any atom is -0.445 e. The number of rotatable bonds is 5. The van der Waals surface area contributed by atoms with Crippen molar-refractivity contribution in [3.05, 3.63) is 29.8 Å². The molecule has 1 amide bonds. The molecule has 0 saturated heterocycles. The smallest absolute Gasteiger partial charge is 0.407 e. The maximum atomic E-state index is 11.2. The molecule has 88 valence electrons. The SMILES string of the molecule is CCCNC(=O)OCc1ccc(NC)cc1. The lowest BCUT2D eigenvalue weighted by molar-refractivity contribution is 0.139. The van der Waals surface area contributed by atoms with Crippen LogP contribution in [0.3, 0.4) is 0 Å². The number of hydrogen-bond acceptors (Lipinski definition) is 3. The molecule has 1 aromatic carbocycles. The van der Waals surface area contributed by atoms with Crippen molar-refractivity contribution in [1.29, 1.82) is 0 Å². The van der Waals surface area contributed by atoms with E-state index in [0.29, 0.717) is 13.2 Å². The summed E-state index contributed by atoms with van der Waals surface area (Å²) in [6.07, 6.45) is 0.547. The van der Waals surface area contributed by atoms with Crippen molar-refractivity contribution in [2.24, 2.45) is 0 Å². The number of anilines is 1. The predicted molar refractivity (Wildman–Crippen MR) is 64.5 cm³/mol. The first-order valence-corrected chi connectivity index (χ1v) is 5.43. The summed E-state index contributed by atoms with van der Waals surface area (Å²) in [7, 11) is 1.86. The average Bonchev–Trinajstić information content (AvgIpc) is 2.34. The zero-order valence-corrected chi connectivity index (χ0v) is 9.75. The molecule has 0 saturated carbocycles. The van der Waals surface area contributed by atoms with Gasteiger partial charge >= 0.3 is 6.09 Å². The number of carbonyl (C=O) groups excluding carboxylic acids is 1. The van der Waals surface area contributed by atoms with Crippen LogP contribution < -0.4 is 10.6 Å². The van der Waals surface area contributed by atoms with E-state index in [1.54, 1.807) is 0 Å². The molecular formula is C12H18N2O2. The van der Waals surface area contributed by atoms with Crippen LogP contribution in [0.25, 0.3) is 0 Å². The fraction of sp³-hybridized carbons (Fsp3) is 0.417. The van der Waals surface area contributed by atoms with E-state index in [1.165, 1.54) is 0 Å². The molecule has 0 aliphatic rings. The van der Waals surface area contributed by atoms with Gasteiger partial charge in [-0.2, -0.15) is 0 Å². The minimum atomic E-state index is -0.362. The molecule has 0 heterocycles. The molecule has 4 nitrogen and oxygen atoms in total. The third-order valence-electron chi connectivity index (χ3n) is 2.13. The van der Waals surface area contributed by atoms with Crippen molar-refractivity contribution >= 4 is 11.8 Å². The van der Waals surface area contributed by atoms with E-state index in [1.807, 2.05) is 38.2 Å².